The molecule has 88 valence electrons. The predicted molar refractivity (Wildman–Crippen MR) is 72.7 cm³/mol. The molecule has 1 heterocycles. The van der Waals surface area contributed by atoms with Gasteiger partial charge in [-0.15, -0.1) is 11.3 Å². The first-order chi connectivity index (χ1) is 8.36. The number of thiophene rings is 1. The van der Waals surface area contributed by atoms with Crippen molar-refractivity contribution in [2.45, 2.75) is 32.1 Å². The highest BCUT2D eigenvalue weighted by molar-refractivity contribution is 7.17. The number of benzene rings is 1. The van der Waals surface area contributed by atoms with E-state index < -0.39 is 0 Å². The van der Waals surface area contributed by atoms with Gasteiger partial charge in [0, 0.05) is 26.9 Å². The number of ketones is 1. The highest BCUT2D eigenvalue weighted by Crippen LogP contribution is 2.32. The highest BCUT2D eigenvalue weighted by atomic mass is 32.1. The van der Waals surface area contributed by atoms with Gasteiger partial charge in [-0.25, -0.2) is 0 Å². The Hall–Kier alpha value is -1.15. The molecule has 1 aliphatic rings. The molecular formula is C15H16OS. The van der Waals surface area contributed by atoms with E-state index in [1.165, 1.54) is 24.0 Å². The number of carbonyl (C=O) groups is 1. The number of hydrogen-bond donors (Lipinski definition) is 0. The first kappa shape index (κ1) is 11.0. The highest BCUT2D eigenvalue weighted by Gasteiger charge is 2.24. The third-order valence-corrected chi connectivity index (χ3v) is 4.69. The van der Waals surface area contributed by atoms with Crippen LogP contribution in [0.4, 0.5) is 0 Å². The molecule has 1 aromatic carbocycles. The van der Waals surface area contributed by atoms with E-state index in [0.29, 0.717) is 5.78 Å². The molecule has 1 nitrogen and oxygen atoms in total. The van der Waals surface area contributed by atoms with Crippen molar-refractivity contribution in [1.82, 2.24) is 0 Å². The third-order valence-electron chi connectivity index (χ3n) is 3.72. The summed E-state index contributed by atoms with van der Waals surface area (Å²) >= 11 is 1.69. The second-order valence-corrected chi connectivity index (χ2v) is 5.76. The van der Waals surface area contributed by atoms with Crippen LogP contribution < -0.4 is 0 Å². The van der Waals surface area contributed by atoms with Crippen LogP contribution in [0.1, 0.15) is 42.5 Å². The summed E-state index contributed by atoms with van der Waals surface area (Å²) in [6.07, 6.45) is 5.91. The molecule has 3 rings (SSSR count). The molecule has 0 amide bonds. The van der Waals surface area contributed by atoms with Gasteiger partial charge in [-0.1, -0.05) is 37.5 Å². The van der Waals surface area contributed by atoms with Crippen molar-refractivity contribution in [2.75, 3.05) is 0 Å². The Morgan fingerprint density at radius 3 is 2.71 bits per heavy atom. The maximum absolute atomic E-state index is 12.5. The van der Waals surface area contributed by atoms with Gasteiger partial charge in [-0.3, -0.25) is 4.79 Å². The Morgan fingerprint density at radius 1 is 1.12 bits per heavy atom. The largest absolute Gasteiger partial charge is 0.294 e. The second kappa shape index (κ2) is 4.61. The second-order valence-electron chi connectivity index (χ2n) is 4.84. The molecule has 1 aromatic heterocycles. The standard InChI is InChI=1S/C15H16OS/c16-15(11-6-2-1-3-7-11)13-10-17-14-9-5-4-8-12(13)14/h4-5,8-11H,1-3,6-7H2. The number of carbonyl (C=O) groups excluding carboxylic acids is 1. The van der Waals surface area contributed by atoms with Crippen molar-refractivity contribution in [3.05, 3.63) is 35.2 Å². The summed E-state index contributed by atoms with van der Waals surface area (Å²) in [4.78, 5) is 12.5. The molecule has 1 aliphatic carbocycles. The molecule has 0 unspecified atom stereocenters. The van der Waals surface area contributed by atoms with Crippen LogP contribution in [0.5, 0.6) is 0 Å². The molecular weight excluding hydrogens is 228 g/mol. The molecule has 1 saturated carbocycles. The van der Waals surface area contributed by atoms with E-state index in [1.807, 2.05) is 17.5 Å². The van der Waals surface area contributed by atoms with Crippen molar-refractivity contribution >= 4 is 27.2 Å². The van der Waals surface area contributed by atoms with Gasteiger partial charge in [-0.2, -0.15) is 0 Å². The maximum Gasteiger partial charge on any atom is 0.167 e. The van der Waals surface area contributed by atoms with Gasteiger partial charge in [-0.05, 0) is 18.9 Å². The van der Waals surface area contributed by atoms with Crippen molar-refractivity contribution in [2.24, 2.45) is 5.92 Å². The zero-order valence-corrected chi connectivity index (χ0v) is 10.6. The number of hydrogen-bond acceptors (Lipinski definition) is 2. The van der Waals surface area contributed by atoms with Crippen molar-refractivity contribution in [3.8, 4) is 0 Å². The Labute approximate surface area is 105 Å². The van der Waals surface area contributed by atoms with E-state index >= 15 is 0 Å². The van der Waals surface area contributed by atoms with Crippen molar-refractivity contribution < 1.29 is 4.79 Å². The lowest BCUT2D eigenvalue weighted by Gasteiger charge is -2.19. The summed E-state index contributed by atoms with van der Waals surface area (Å²) < 4.78 is 1.23. The lowest BCUT2D eigenvalue weighted by molar-refractivity contribution is 0.0891. The fourth-order valence-electron chi connectivity index (χ4n) is 2.75. The number of Topliss-reactive ketones (excluding diaryl/α,β-unsaturated/α-hetero) is 1. The van der Waals surface area contributed by atoms with Crippen LogP contribution in [0.2, 0.25) is 0 Å². The van der Waals surface area contributed by atoms with Crippen LogP contribution in [0, 0.1) is 5.92 Å². The van der Waals surface area contributed by atoms with E-state index in [9.17, 15) is 4.79 Å². The van der Waals surface area contributed by atoms with Crippen molar-refractivity contribution in [3.63, 3.8) is 0 Å². The van der Waals surface area contributed by atoms with Gasteiger partial charge in [0.05, 0.1) is 0 Å². The van der Waals surface area contributed by atoms with E-state index in [4.69, 9.17) is 0 Å². The van der Waals surface area contributed by atoms with Crippen LogP contribution in [-0.4, -0.2) is 5.78 Å². The Morgan fingerprint density at radius 2 is 1.88 bits per heavy atom. The normalized spacial score (nSPS) is 17.4. The molecule has 0 radical (unpaired) electrons. The Balaban J connectivity index is 1.95. The zero-order valence-electron chi connectivity index (χ0n) is 9.82. The Bertz CT molecular complexity index is 535. The molecule has 0 bridgehead atoms. The molecule has 0 saturated heterocycles. The molecule has 0 aliphatic heterocycles. The number of rotatable bonds is 2. The van der Waals surface area contributed by atoms with Crippen LogP contribution in [0.15, 0.2) is 29.6 Å². The molecule has 0 N–H and O–H groups in total. The van der Waals surface area contributed by atoms with E-state index in [1.54, 1.807) is 11.3 Å². The minimum Gasteiger partial charge on any atom is -0.294 e. The molecule has 1 fully saturated rings. The van der Waals surface area contributed by atoms with Crippen LogP contribution in [-0.2, 0) is 0 Å². The van der Waals surface area contributed by atoms with E-state index in [0.717, 1.165) is 23.8 Å². The Kier molecular flexibility index (Phi) is 2.98. The summed E-state index contributed by atoms with van der Waals surface area (Å²) in [6.45, 7) is 0. The van der Waals surface area contributed by atoms with Crippen LogP contribution >= 0.6 is 11.3 Å². The molecule has 0 spiro atoms. The van der Waals surface area contributed by atoms with Gasteiger partial charge < -0.3 is 0 Å². The SMILES string of the molecule is O=C(c1csc2ccccc12)C1CCCCC1. The summed E-state index contributed by atoms with van der Waals surface area (Å²) in [6, 6.07) is 8.22. The number of fused-ring (bicyclic) bond motifs is 1. The average Bonchev–Trinajstić information content (AvgIpc) is 2.83. The summed E-state index contributed by atoms with van der Waals surface area (Å²) in [5.74, 6) is 0.656. The monoisotopic (exact) mass is 244 g/mol. The van der Waals surface area contributed by atoms with Crippen LogP contribution in [0.25, 0.3) is 10.1 Å². The average molecular weight is 244 g/mol. The minimum absolute atomic E-state index is 0.279. The molecule has 17 heavy (non-hydrogen) atoms. The summed E-state index contributed by atoms with van der Waals surface area (Å²) in [5, 5.41) is 3.19. The fraction of sp³-hybridized carbons (Fsp3) is 0.400. The first-order valence-corrected chi connectivity index (χ1v) is 7.24. The first-order valence-electron chi connectivity index (χ1n) is 6.37. The summed E-state index contributed by atoms with van der Waals surface area (Å²) in [7, 11) is 0. The van der Waals surface area contributed by atoms with Gasteiger partial charge in [0.2, 0.25) is 0 Å². The lowest BCUT2D eigenvalue weighted by atomic mass is 9.84. The zero-order chi connectivity index (χ0) is 11.7. The quantitative estimate of drug-likeness (QED) is 0.702. The van der Waals surface area contributed by atoms with E-state index in [2.05, 4.69) is 12.1 Å². The van der Waals surface area contributed by atoms with Gasteiger partial charge in [0.25, 0.3) is 0 Å². The van der Waals surface area contributed by atoms with Gasteiger partial charge in [0.15, 0.2) is 5.78 Å². The predicted octanol–water partition coefficient (Wildman–Crippen LogP) is 4.66. The maximum atomic E-state index is 12.5. The van der Waals surface area contributed by atoms with Gasteiger partial charge >= 0.3 is 0 Å². The smallest absolute Gasteiger partial charge is 0.167 e. The van der Waals surface area contributed by atoms with Gasteiger partial charge in [0.1, 0.15) is 0 Å². The topological polar surface area (TPSA) is 17.1 Å². The molecule has 2 aromatic rings. The van der Waals surface area contributed by atoms with Crippen LogP contribution in [0.3, 0.4) is 0 Å². The van der Waals surface area contributed by atoms with E-state index in [-0.39, 0.29) is 5.92 Å². The third kappa shape index (κ3) is 2.02. The van der Waals surface area contributed by atoms with Crippen molar-refractivity contribution in [1.29, 1.82) is 0 Å². The summed E-state index contributed by atoms with van der Waals surface area (Å²) in [5.41, 5.74) is 0.956. The minimum atomic E-state index is 0.279. The fourth-order valence-corrected chi connectivity index (χ4v) is 3.70. The molecule has 0 atom stereocenters. The lowest BCUT2D eigenvalue weighted by Crippen LogP contribution is -2.17. The molecule has 2 heteroatoms.